The second-order valence-electron chi connectivity index (χ2n) is 6.93. The fraction of sp³-hybridized carbons (Fsp3) is 0.217. The smallest absolute Gasteiger partial charge is 0.279 e. The van der Waals surface area contributed by atoms with Crippen molar-refractivity contribution < 1.29 is 19.1 Å². The Balaban J connectivity index is 1.51. The van der Waals surface area contributed by atoms with Gasteiger partial charge >= 0.3 is 0 Å². The van der Waals surface area contributed by atoms with Crippen LogP contribution in [0.15, 0.2) is 59.1 Å². The van der Waals surface area contributed by atoms with E-state index in [0.717, 1.165) is 26.4 Å². The molecule has 0 aliphatic rings. The molecule has 7 heteroatoms. The lowest BCUT2D eigenvalue weighted by molar-refractivity contribution is -0.133. The minimum Gasteiger partial charge on any atom is -0.483 e. The number of nitrogens with one attached hydrogen (secondary N) is 2. The Hall–Kier alpha value is -3.06. The molecule has 1 unspecified atom stereocenters. The number of carbonyl (C=O) groups excluding carboxylic acids is 2. The minimum absolute atomic E-state index is 0.228. The van der Waals surface area contributed by atoms with Gasteiger partial charge in [-0.3, -0.25) is 20.4 Å². The van der Waals surface area contributed by atoms with Gasteiger partial charge in [0.15, 0.2) is 12.7 Å². The monoisotopic (exact) mass is 470 g/mol. The number of benzene rings is 3. The third-order valence-corrected chi connectivity index (χ3v) is 4.98. The van der Waals surface area contributed by atoms with Crippen LogP contribution in [0.5, 0.6) is 11.5 Å². The van der Waals surface area contributed by atoms with E-state index in [4.69, 9.17) is 9.47 Å². The van der Waals surface area contributed by atoms with Crippen molar-refractivity contribution in [2.45, 2.75) is 26.9 Å². The first kappa shape index (κ1) is 21.6. The zero-order valence-electron chi connectivity index (χ0n) is 17.0. The molecule has 1 atom stereocenters. The van der Waals surface area contributed by atoms with Crippen LogP contribution >= 0.6 is 15.9 Å². The summed E-state index contributed by atoms with van der Waals surface area (Å²) in [6.07, 6.45) is -0.789. The first-order valence-electron chi connectivity index (χ1n) is 9.48. The van der Waals surface area contributed by atoms with Gasteiger partial charge in [-0.25, -0.2) is 0 Å². The molecule has 3 rings (SSSR count). The van der Waals surface area contributed by atoms with E-state index in [0.29, 0.717) is 11.5 Å². The molecular formula is C23H23BrN2O4. The summed E-state index contributed by atoms with van der Waals surface area (Å²) in [6, 6.07) is 17.2. The number of hydrogen-bond acceptors (Lipinski definition) is 4. The summed E-state index contributed by atoms with van der Waals surface area (Å²) in [5.74, 6) is 0.314. The Kier molecular flexibility index (Phi) is 6.95. The first-order chi connectivity index (χ1) is 14.3. The van der Waals surface area contributed by atoms with Crippen LogP contribution in [0.25, 0.3) is 10.8 Å². The molecule has 3 aromatic carbocycles. The van der Waals surface area contributed by atoms with Crippen molar-refractivity contribution in [1.82, 2.24) is 10.9 Å². The molecule has 2 amide bonds. The third kappa shape index (κ3) is 5.30. The molecule has 0 saturated carbocycles. The second-order valence-corrected chi connectivity index (χ2v) is 7.85. The number of carbonyl (C=O) groups is 2. The van der Waals surface area contributed by atoms with Crippen molar-refractivity contribution in [1.29, 1.82) is 0 Å². The first-order valence-corrected chi connectivity index (χ1v) is 10.3. The maximum atomic E-state index is 12.3. The summed E-state index contributed by atoms with van der Waals surface area (Å²) in [7, 11) is 0. The third-order valence-electron chi connectivity index (χ3n) is 4.52. The predicted molar refractivity (Wildman–Crippen MR) is 119 cm³/mol. The second kappa shape index (κ2) is 9.63. The van der Waals surface area contributed by atoms with Crippen LogP contribution in [0.1, 0.15) is 18.1 Å². The quantitative estimate of drug-likeness (QED) is 0.528. The lowest BCUT2D eigenvalue weighted by Gasteiger charge is -2.18. The molecule has 0 fully saturated rings. The number of fused-ring (bicyclic) bond motifs is 1. The molecule has 156 valence electrons. The summed E-state index contributed by atoms with van der Waals surface area (Å²) >= 11 is 3.43. The van der Waals surface area contributed by atoms with E-state index in [1.54, 1.807) is 13.0 Å². The molecule has 0 aliphatic carbocycles. The van der Waals surface area contributed by atoms with Gasteiger partial charge in [0.2, 0.25) is 0 Å². The highest BCUT2D eigenvalue weighted by molar-refractivity contribution is 9.10. The van der Waals surface area contributed by atoms with Crippen LogP contribution in [0, 0.1) is 13.8 Å². The molecule has 0 bridgehead atoms. The molecule has 0 saturated heterocycles. The van der Waals surface area contributed by atoms with Crippen LogP contribution in [0.4, 0.5) is 0 Å². The van der Waals surface area contributed by atoms with Crippen molar-refractivity contribution in [2.24, 2.45) is 0 Å². The van der Waals surface area contributed by atoms with E-state index in [9.17, 15) is 9.59 Å². The van der Waals surface area contributed by atoms with Gasteiger partial charge in [0, 0.05) is 9.86 Å². The summed E-state index contributed by atoms with van der Waals surface area (Å²) in [5, 5.41) is 1.94. The Labute approximate surface area is 183 Å². The van der Waals surface area contributed by atoms with E-state index in [1.807, 2.05) is 62.4 Å². The Morgan fingerprint density at radius 2 is 1.67 bits per heavy atom. The molecule has 30 heavy (non-hydrogen) atoms. The zero-order chi connectivity index (χ0) is 21.7. The van der Waals surface area contributed by atoms with Crippen molar-refractivity contribution in [3.05, 3.63) is 70.2 Å². The Morgan fingerprint density at radius 1 is 1.00 bits per heavy atom. The summed E-state index contributed by atoms with van der Waals surface area (Å²) in [5.41, 5.74) is 6.55. The minimum atomic E-state index is -0.789. The van der Waals surface area contributed by atoms with E-state index in [1.165, 1.54) is 0 Å². The van der Waals surface area contributed by atoms with Crippen LogP contribution in [0.2, 0.25) is 0 Å². The number of ether oxygens (including phenoxy) is 2. The molecule has 3 aromatic rings. The zero-order valence-corrected chi connectivity index (χ0v) is 18.6. The van der Waals surface area contributed by atoms with Gasteiger partial charge in [0.1, 0.15) is 11.5 Å². The van der Waals surface area contributed by atoms with Crippen LogP contribution in [-0.2, 0) is 9.59 Å². The van der Waals surface area contributed by atoms with Gasteiger partial charge < -0.3 is 9.47 Å². The molecule has 2 N–H and O–H groups in total. The summed E-state index contributed by atoms with van der Waals surface area (Å²) in [6.45, 7) is 5.21. The normalized spacial score (nSPS) is 11.6. The molecule has 0 aliphatic heterocycles. The van der Waals surface area contributed by atoms with Gasteiger partial charge in [-0.1, -0.05) is 52.3 Å². The Bertz CT molecular complexity index is 1060. The molecule has 0 aromatic heterocycles. The number of rotatable bonds is 6. The fourth-order valence-corrected chi connectivity index (χ4v) is 3.73. The largest absolute Gasteiger partial charge is 0.483 e. The highest BCUT2D eigenvalue weighted by Crippen LogP contribution is 2.28. The molecule has 6 nitrogen and oxygen atoms in total. The maximum absolute atomic E-state index is 12.3. The number of aryl methyl sites for hydroxylation is 2. The Morgan fingerprint density at radius 3 is 2.40 bits per heavy atom. The van der Waals surface area contributed by atoms with Gasteiger partial charge in [0.05, 0.1) is 0 Å². The number of hydrogen-bond donors (Lipinski definition) is 2. The molecule has 0 heterocycles. The lowest BCUT2D eigenvalue weighted by atomic mass is 10.1. The van der Waals surface area contributed by atoms with Crippen LogP contribution in [-0.4, -0.2) is 24.5 Å². The summed E-state index contributed by atoms with van der Waals surface area (Å²) in [4.78, 5) is 24.4. The average molecular weight is 471 g/mol. The van der Waals surface area contributed by atoms with Crippen LogP contribution in [0.3, 0.4) is 0 Å². The standard InChI is InChI=1S/C23H23BrN2O4/c1-14-11-18(24)12-15(2)22(14)30-16(3)23(28)26-25-21(27)13-29-20-10-6-8-17-7-4-5-9-19(17)20/h4-12,16H,13H2,1-3H3,(H,25,27)(H,26,28). The van der Waals surface area contributed by atoms with Gasteiger partial charge in [-0.05, 0) is 55.5 Å². The predicted octanol–water partition coefficient (Wildman–Crippen LogP) is 4.21. The summed E-state index contributed by atoms with van der Waals surface area (Å²) < 4.78 is 12.3. The van der Waals surface area contributed by atoms with E-state index in [2.05, 4.69) is 26.8 Å². The number of halogens is 1. The van der Waals surface area contributed by atoms with Crippen LogP contribution < -0.4 is 20.3 Å². The fourth-order valence-electron chi connectivity index (χ4n) is 3.05. The van der Waals surface area contributed by atoms with E-state index >= 15 is 0 Å². The van der Waals surface area contributed by atoms with Crippen molar-refractivity contribution >= 4 is 38.5 Å². The van der Waals surface area contributed by atoms with Crippen molar-refractivity contribution in [3.63, 3.8) is 0 Å². The van der Waals surface area contributed by atoms with E-state index < -0.39 is 17.9 Å². The van der Waals surface area contributed by atoms with Gasteiger partial charge in [-0.2, -0.15) is 0 Å². The van der Waals surface area contributed by atoms with Gasteiger partial charge in [-0.15, -0.1) is 0 Å². The maximum Gasteiger partial charge on any atom is 0.279 e. The topological polar surface area (TPSA) is 76.7 Å². The lowest BCUT2D eigenvalue weighted by Crippen LogP contribution is -2.48. The van der Waals surface area contributed by atoms with Gasteiger partial charge in [0.25, 0.3) is 11.8 Å². The molecule has 0 radical (unpaired) electrons. The average Bonchev–Trinajstić information content (AvgIpc) is 2.72. The van der Waals surface area contributed by atoms with E-state index in [-0.39, 0.29) is 6.61 Å². The molecular weight excluding hydrogens is 448 g/mol. The van der Waals surface area contributed by atoms with Crippen molar-refractivity contribution in [2.75, 3.05) is 6.61 Å². The number of hydrazine groups is 1. The highest BCUT2D eigenvalue weighted by atomic mass is 79.9. The highest BCUT2D eigenvalue weighted by Gasteiger charge is 2.18. The SMILES string of the molecule is Cc1cc(Br)cc(C)c1OC(C)C(=O)NNC(=O)COc1cccc2ccccc12. The number of amides is 2. The molecule has 0 spiro atoms. The van der Waals surface area contributed by atoms with Crippen molar-refractivity contribution in [3.8, 4) is 11.5 Å².